The molecule has 0 amide bonds. The van der Waals surface area contributed by atoms with Gasteiger partial charge in [-0.1, -0.05) is 46.1 Å². The first-order chi connectivity index (χ1) is 11.1. The second-order valence-electron chi connectivity index (χ2n) is 6.00. The molecule has 0 unspecified atom stereocenters. The molecule has 2 nitrogen and oxygen atoms in total. The highest BCUT2D eigenvalue weighted by Crippen LogP contribution is 2.35. The van der Waals surface area contributed by atoms with Crippen LogP contribution in [0.4, 0.5) is 5.69 Å². The van der Waals surface area contributed by atoms with Crippen LogP contribution in [0.25, 0.3) is 0 Å². The number of Topliss-reactive ketones (excluding diaryl/α,β-unsaturated/α-hetero) is 1. The number of rotatable bonds is 4. The van der Waals surface area contributed by atoms with Gasteiger partial charge < -0.3 is 5.32 Å². The van der Waals surface area contributed by atoms with Crippen LogP contribution in [0.5, 0.6) is 0 Å². The standard InChI is InChI=1S/C19H19BrClNO/c20-14-7-11-16(12-8-14)22-19(13-5-9-15(21)10-6-13)17-3-1-2-4-18(17)23/h5-12,17,19,22H,1-4H2/t17-,19+/m0/s1. The highest BCUT2D eigenvalue weighted by atomic mass is 79.9. The Labute approximate surface area is 150 Å². The molecule has 2 atom stereocenters. The first-order valence-corrected chi connectivity index (χ1v) is 9.11. The summed E-state index contributed by atoms with van der Waals surface area (Å²) in [5.74, 6) is 0.384. The maximum Gasteiger partial charge on any atom is 0.138 e. The zero-order chi connectivity index (χ0) is 16.2. The van der Waals surface area contributed by atoms with Gasteiger partial charge in [-0.3, -0.25) is 4.79 Å². The van der Waals surface area contributed by atoms with Crippen molar-refractivity contribution in [3.63, 3.8) is 0 Å². The van der Waals surface area contributed by atoms with Gasteiger partial charge in [0.05, 0.1) is 6.04 Å². The summed E-state index contributed by atoms with van der Waals surface area (Å²) in [6, 6.07) is 15.9. The van der Waals surface area contributed by atoms with Crippen LogP contribution in [-0.4, -0.2) is 5.78 Å². The van der Waals surface area contributed by atoms with Gasteiger partial charge in [0.15, 0.2) is 0 Å². The number of benzene rings is 2. The van der Waals surface area contributed by atoms with Crippen molar-refractivity contribution in [2.45, 2.75) is 31.7 Å². The Morgan fingerprint density at radius 3 is 2.39 bits per heavy atom. The molecule has 0 radical (unpaired) electrons. The first-order valence-electron chi connectivity index (χ1n) is 7.94. The fraction of sp³-hybridized carbons (Fsp3) is 0.316. The SMILES string of the molecule is O=C1CCCC[C@@H]1[C@H](Nc1ccc(Br)cc1)c1ccc(Cl)cc1. The van der Waals surface area contributed by atoms with E-state index in [9.17, 15) is 4.79 Å². The van der Waals surface area contributed by atoms with Crippen molar-refractivity contribution in [2.75, 3.05) is 5.32 Å². The molecular weight excluding hydrogens is 374 g/mol. The second kappa shape index (κ2) is 7.50. The normalized spacial score (nSPS) is 19.4. The maximum absolute atomic E-state index is 12.4. The van der Waals surface area contributed by atoms with Crippen LogP contribution in [-0.2, 0) is 4.79 Å². The minimum atomic E-state index is -0.0127. The molecule has 0 aromatic heterocycles. The summed E-state index contributed by atoms with van der Waals surface area (Å²) in [7, 11) is 0. The number of carbonyl (C=O) groups excluding carboxylic acids is 1. The Balaban J connectivity index is 1.90. The Morgan fingerprint density at radius 2 is 1.74 bits per heavy atom. The third kappa shape index (κ3) is 4.15. The summed E-state index contributed by atoms with van der Waals surface area (Å²) in [5.41, 5.74) is 2.13. The van der Waals surface area contributed by atoms with Crippen molar-refractivity contribution in [2.24, 2.45) is 5.92 Å². The maximum atomic E-state index is 12.4. The predicted octanol–water partition coefficient (Wildman–Crippen LogP) is 6.02. The monoisotopic (exact) mass is 391 g/mol. The molecule has 120 valence electrons. The van der Waals surface area contributed by atoms with Gasteiger partial charge in [-0.05, 0) is 54.8 Å². The Hall–Kier alpha value is -1.32. The smallest absolute Gasteiger partial charge is 0.138 e. The van der Waals surface area contributed by atoms with Crippen molar-refractivity contribution < 1.29 is 4.79 Å². The fourth-order valence-corrected chi connectivity index (χ4v) is 3.56. The van der Waals surface area contributed by atoms with E-state index >= 15 is 0 Å². The molecule has 1 fully saturated rings. The van der Waals surface area contributed by atoms with Gasteiger partial charge in [-0.2, -0.15) is 0 Å². The van der Waals surface area contributed by atoms with Gasteiger partial charge in [0.25, 0.3) is 0 Å². The lowest BCUT2D eigenvalue weighted by atomic mass is 9.80. The number of halogens is 2. The molecule has 2 aromatic rings. The number of anilines is 1. The molecule has 3 rings (SSSR count). The van der Waals surface area contributed by atoms with E-state index in [0.29, 0.717) is 17.2 Å². The third-order valence-corrected chi connectivity index (χ3v) is 5.18. The van der Waals surface area contributed by atoms with Gasteiger partial charge in [-0.15, -0.1) is 0 Å². The fourth-order valence-electron chi connectivity index (χ4n) is 3.17. The van der Waals surface area contributed by atoms with Crippen molar-refractivity contribution >= 4 is 39.0 Å². The van der Waals surface area contributed by atoms with E-state index in [-0.39, 0.29) is 12.0 Å². The molecule has 0 heterocycles. The van der Waals surface area contributed by atoms with Gasteiger partial charge in [0, 0.05) is 27.5 Å². The number of hydrogen-bond acceptors (Lipinski definition) is 2. The number of carbonyl (C=O) groups is 1. The lowest BCUT2D eigenvalue weighted by molar-refractivity contribution is -0.125. The molecule has 23 heavy (non-hydrogen) atoms. The van der Waals surface area contributed by atoms with Crippen molar-refractivity contribution in [3.05, 3.63) is 63.6 Å². The average Bonchev–Trinajstić information content (AvgIpc) is 2.56. The number of ketones is 1. The minimum Gasteiger partial charge on any atom is -0.378 e. The van der Waals surface area contributed by atoms with Crippen LogP contribution in [0.2, 0.25) is 5.02 Å². The lowest BCUT2D eigenvalue weighted by Gasteiger charge is -2.31. The first kappa shape index (κ1) is 16.5. The molecule has 0 bridgehead atoms. The molecule has 0 saturated heterocycles. The third-order valence-electron chi connectivity index (χ3n) is 4.40. The molecular formula is C19H19BrClNO. The second-order valence-corrected chi connectivity index (χ2v) is 7.35. The molecule has 0 aliphatic heterocycles. The highest BCUT2D eigenvalue weighted by molar-refractivity contribution is 9.10. The van der Waals surface area contributed by atoms with E-state index < -0.39 is 0 Å². The van der Waals surface area contributed by atoms with Crippen LogP contribution < -0.4 is 5.32 Å². The van der Waals surface area contributed by atoms with E-state index in [4.69, 9.17) is 11.6 Å². The summed E-state index contributed by atoms with van der Waals surface area (Å²) in [6.45, 7) is 0. The highest BCUT2D eigenvalue weighted by Gasteiger charge is 2.31. The van der Waals surface area contributed by atoms with Crippen molar-refractivity contribution in [3.8, 4) is 0 Å². The summed E-state index contributed by atoms with van der Waals surface area (Å²) < 4.78 is 1.04. The Kier molecular flexibility index (Phi) is 5.39. The summed E-state index contributed by atoms with van der Waals surface area (Å²) in [6.07, 6.45) is 3.76. The van der Waals surface area contributed by atoms with E-state index in [1.807, 2.05) is 48.5 Å². The number of hydrogen-bond donors (Lipinski definition) is 1. The van der Waals surface area contributed by atoms with Gasteiger partial charge in [-0.25, -0.2) is 0 Å². The molecule has 1 N–H and O–H groups in total. The molecule has 1 aliphatic carbocycles. The average molecular weight is 393 g/mol. The Morgan fingerprint density at radius 1 is 1.04 bits per heavy atom. The van der Waals surface area contributed by atoms with Crippen molar-refractivity contribution in [1.82, 2.24) is 0 Å². The zero-order valence-electron chi connectivity index (χ0n) is 12.8. The van der Waals surface area contributed by atoms with E-state index in [1.54, 1.807) is 0 Å². The lowest BCUT2D eigenvalue weighted by Crippen LogP contribution is -2.30. The topological polar surface area (TPSA) is 29.1 Å². The van der Waals surface area contributed by atoms with Gasteiger partial charge in [0.1, 0.15) is 5.78 Å². The van der Waals surface area contributed by atoms with Crippen LogP contribution in [0.3, 0.4) is 0 Å². The van der Waals surface area contributed by atoms with Crippen LogP contribution in [0.1, 0.15) is 37.3 Å². The summed E-state index contributed by atoms with van der Waals surface area (Å²) in [5, 5.41) is 4.27. The molecule has 2 aromatic carbocycles. The summed E-state index contributed by atoms with van der Waals surface area (Å²) in [4.78, 5) is 12.4. The predicted molar refractivity (Wildman–Crippen MR) is 98.9 cm³/mol. The van der Waals surface area contributed by atoms with Crippen molar-refractivity contribution in [1.29, 1.82) is 0 Å². The quantitative estimate of drug-likeness (QED) is 0.690. The Bertz CT molecular complexity index is 669. The van der Waals surface area contributed by atoms with Crippen LogP contribution in [0.15, 0.2) is 53.0 Å². The molecule has 0 spiro atoms. The van der Waals surface area contributed by atoms with Crippen LogP contribution in [0, 0.1) is 5.92 Å². The van der Waals surface area contributed by atoms with Crippen LogP contribution >= 0.6 is 27.5 Å². The zero-order valence-corrected chi connectivity index (χ0v) is 15.1. The summed E-state index contributed by atoms with van der Waals surface area (Å²) >= 11 is 9.47. The molecule has 1 saturated carbocycles. The number of nitrogens with one attached hydrogen (secondary N) is 1. The van der Waals surface area contributed by atoms with Gasteiger partial charge >= 0.3 is 0 Å². The minimum absolute atomic E-state index is 0.0127. The molecule has 4 heteroatoms. The van der Waals surface area contributed by atoms with Gasteiger partial charge in [0.2, 0.25) is 0 Å². The van der Waals surface area contributed by atoms with E-state index in [1.165, 1.54) is 0 Å². The largest absolute Gasteiger partial charge is 0.378 e. The van der Waals surface area contributed by atoms with E-state index in [2.05, 4.69) is 21.2 Å². The molecule has 1 aliphatic rings. The van der Waals surface area contributed by atoms with E-state index in [0.717, 1.165) is 35.0 Å².